The van der Waals surface area contributed by atoms with Gasteiger partial charge >= 0.3 is 0 Å². The van der Waals surface area contributed by atoms with Crippen LogP contribution >= 0.6 is 11.6 Å². The lowest BCUT2D eigenvalue weighted by Crippen LogP contribution is -2.34. The van der Waals surface area contributed by atoms with E-state index in [0.717, 1.165) is 45.3 Å². The van der Waals surface area contributed by atoms with Gasteiger partial charge in [0.2, 0.25) is 0 Å². The van der Waals surface area contributed by atoms with E-state index in [1.807, 2.05) is 0 Å². The highest BCUT2D eigenvalue weighted by Crippen LogP contribution is 2.43. The molecule has 1 aliphatic heterocycles. The molecule has 1 aliphatic rings. The quantitative estimate of drug-likeness (QED) is 0.177. The van der Waals surface area contributed by atoms with E-state index in [-0.39, 0.29) is 11.3 Å². The molecule has 7 nitrogen and oxygen atoms in total. The molecule has 1 heterocycles. The maximum atomic E-state index is 13.4. The predicted octanol–water partition coefficient (Wildman–Crippen LogP) is 6.07. The molecule has 1 amide bonds. The van der Waals surface area contributed by atoms with Crippen molar-refractivity contribution in [1.82, 2.24) is 9.80 Å². The topological polar surface area (TPSA) is 79.3 Å². The van der Waals surface area contributed by atoms with E-state index in [4.69, 9.17) is 21.1 Å². The largest absolute Gasteiger partial charge is 0.507 e. The van der Waals surface area contributed by atoms with Crippen LogP contribution in [0.25, 0.3) is 5.76 Å². The molecule has 3 rings (SSSR count). The molecule has 2 aromatic rings. The molecule has 0 radical (unpaired) electrons. The number of aliphatic hydroxyl groups excluding tert-OH is 1. The Labute approximate surface area is 231 Å². The molecule has 1 atom stereocenters. The second-order valence-corrected chi connectivity index (χ2v) is 9.95. The van der Waals surface area contributed by atoms with Gasteiger partial charge in [0.1, 0.15) is 17.3 Å². The highest BCUT2D eigenvalue weighted by molar-refractivity contribution is 6.46. The summed E-state index contributed by atoms with van der Waals surface area (Å²) in [7, 11) is 3.09. The molecular formula is C30H39ClN2O5. The molecule has 38 heavy (non-hydrogen) atoms. The van der Waals surface area contributed by atoms with Gasteiger partial charge in [-0.15, -0.1) is 0 Å². The number of nitrogens with zero attached hydrogens (tertiary/aromatic N) is 2. The van der Waals surface area contributed by atoms with Gasteiger partial charge in [0, 0.05) is 28.8 Å². The second kappa shape index (κ2) is 14.2. The zero-order valence-electron chi connectivity index (χ0n) is 22.8. The van der Waals surface area contributed by atoms with Gasteiger partial charge in [-0.05, 0) is 75.3 Å². The number of likely N-dealkylation sites (tertiary alicyclic amines) is 1. The number of unbranched alkanes of at least 4 members (excludes halogenated alkanes) is 2. The number of aliphatic hydroxyl groups is 1. The number of halogens is 1. The van der Waals surface area contributed by atoms with Crippen molar-refractivity contribution in [3.8, 4) is 11.5 Å². The van der Waals surface area contributed by atoms with Gasteiger partial charge in [-0.25, -0.2) is 0 Å². The molecule has 0 bridgehead atoms. The first-order valence-corrected chi connectivity index (χ1v) is 13.7. The number of benzene rings is 2. The first-order valence-electron chi connectivity index (χ1n) is 13.3. The number of Topliss-reactive ketones (excluding diaryl/α,β-unsaturated/α-hetero) is 1. The van der Waals surface area contributed by atoms with Crippen molar-refractivity contribution in [2.45, 2.75) is 52.0 Å². The Hall–Kier alpha value is -3.03. The normalized spacial score (nSPS) is 16.9. The van der Waals surface area contributed by atoms with E-state index < -0.39 is 17.7 Å². The fourth-order valence-corrected chi connectivity index (χ4v) is 4.93. The number of ketones is 1. The van der Waals surface area contributed by atoms with Crippen LogP contribution in [0.15, 0.2) is 48.0 Å². The molecule has 0 aliphatic carbocycles. The summed E-state index contributed by atoms with van der Waals surface area (Å²) in [5, 5.41) is 11.8. The summed E-state index contributed by atoms with van der Waals surface area (Å²) in [6.45, 7) is 7.59. The Balaban J connectivity index is 2.00. The molecule has 1 N–H and O–H groups in total. The van der Waals surface area contributed by atoms with Crippen LogP contribution in [-0.4, -0.2) is 67.0 Å². The molecule has 0 spiro atoms. The average molecular weight is 543 g/mol. The van der Waals surface area contributed by atoms with Gasteiger partial charge in [-0.1, -0.05) is 38.3 Å². The lowest BCUT2D eigenvalue weighted by atomic mass is 9.94. The third kappa shape index (κ3) is 6.88. The minimum atomic E-state index is -0.800. The van der Waals surface area contributed by atoms with Crippen molar-refractivity contribution >= 4 is 29.1 Å². The molecule has 8 heteroatoms. The van der Waals surface area contributed by atoms with Gasteiger partial charge in [-0.2, -0.15) is 0 Å². The fourth-order valence-electron chi connectivity index (χ4n) is 4.81. The minimum Gasteiger partial charge on any atom is -0.507 e. The van der Waals surface area contributed by atoms with Crippen molar-refractivity contribution in [2.24, 2.45) is 0 Å². The van der Waals surface area contributed by atoms with E-state index in [1.54, 1.807) is 54.5 Å². The molecule has 1 fully saturated rings. The molecule has 0 saturated carbocycles. The van der Waals surface area contributed by atoms with Crippen LogP contribution < -0.4 is 9.47 Å². The third-order valence-electron chi connectivity index (χ3n) is 6.92. The van der Waals surface area contributed by atoms with Gasteiger partial charge in [-0.3, -0.25) is 9.59 Å². The monoisotopic (exact) mass is 542 g/mol. The summed E-state index contributed by atoms with van der Waals surface area (Å²) >= 11 is 6.03. The lowest BCUT2D eigenvalue weighted by molar-refractivity contribution is -0.140. The summed E-state index contributed by atoms with van der Waals surface area (Å²) in [5.74, 6) is -0.525. The molecular weight excluding hydrogens is 504 g/mol. The summed E-state index contributed by atoms with van der Waals surface area (Å²) in [6.07, 6.45) is 5.20. The van der Waals surface area contributed by atoms with E-state index >= 15 is 0 Å². The predicted molar refractivity (Wildman–Crippen MR) is 151 cm³/mol. The van der Waals surface area contributed by atoms with Crippen molar-refractivity contribution in [3.63, 3.8) is 0 Å². The number of rotatable bonds is 14. The summed E-state index contributed by atoms with van der Waals surface area (Å²) in [5.41, 5.74) is 1.06. The lowest BCUT2D eigenvalue weighted by Gasteiger charge is -2.28. The maximum Gasteiger partial charge on any atom is 0.295 e. The molecule has 2 aromatic carbocycles. The van der Waals surface area contributed by atoms with E-state index in [1.165, 1.54) is 7.11 Å². The highest BCUT2D eigenvalue weighted by atomic mass is 35.5. The van der Waals surface area contributed by atoms with Gasteiger partial charge in [0.05, 0.1) is 25.8 Å². The summed E-state index contributed by atoms with van der Waals surface area (Å²) in [4.78, 5) is 30.7. The number of ether oxygens (including phenoxy) is 2. The Bertz CT molecular complexity index is 1120. The van der Waals surface area contributed by atoms with Gasteiger partial charge < -0.3 is 24.4 Å². The van der Waals surface area contributed by atoms with Crippen molar-refractivity contribution < 1.29 is 24.2 Å². The van der Waals surface area contributed by atoms with Gasteiger partial charge in [0.15, 0.2) is 0 Å². The van der Waals surface area contributed by atoms with Crippen LogP contribution in [0.1, 0.15) is 63.1 Å². The Morgan fingerprint density at radius 2 is 1.58 bits per heavy atom. The Kier molecular flexibility index (Phi) is 11.0. The SMILES string of the molecule is CCCCN(CCCC)CCCN1C(=O)C(=O)C(=C(O)c2ccc(Cl)cc2)[C@H]1c1ccc(OC)cc1OC. The maximum absolute atomic E-state index is 13.4. The van der Waals surface area contributed by atoms with Crippen LogP contribution in [0.5, 0.6) is 11.5 Å². The number of amides is 1. The van der Waals surface area contributed by atoms with Crippen molar-refractivity contribution in [2.75, 3.05) is 40.4 Å². The van der Waals surface area contributed by atoms with Crippen LogP contribution in [0.2, 0.25) is 5.02 Å². The zero-order valence-corrected chi connectivity index (χ0v) is 23.6. The number of hydrogen-bond donors (Lipinski definition) is 1. The standard InChI is InChI=1S/C30H39ClN2O5/c1-5-7-16-32(17-8-6-2)18-9-19-33-27(24-15-14-23(37-3)20-25(24)38-4)26(29(35)30(33)36)28(34)21-10-12-22(31)13-11-21/h10-15,20,27,34H,5-9,16-19H2,1-4H3/t27-/m1/s1. The molecule has 206 valence electrons. The third-order valence-corrected chi connectivity index (χ3v) is 7.17. The molecule has 0 unspecified atom stereocenters. The number of carbonyl (C=O) groups is 2. The number of methoxy groups -OCH3 is 2. The molecule has 0 aromatic heterocycles. The average Bonchev–Trinajstić information content (AvgIpc) is 3.18. The first-order chi connectivity index (χ1) is 18.4. The molecule has 1 saturated heterocycles. The van der Waals surface area contributed by atoms with Crippen LogP contribution in [-0.2, 0) is 9.59 Å². The van der Waals surface area contributed by atoms with E-state index in [9.17, 15) is 14.7 Å². The highest BCUT2D eigenvalue weighted by Gasteiger charge is 2.46. The Morgan fingerprint density at radius 3 is 2.16 bits per heavy atom. The van der Waals surface area contributed by atoms with Crippen molar-refractivity contribution in [1.29, 1.82) is 0 Å². The summed E-state index contributed by atoms with van der Waals surface area (Å²) in [6, 6.07) is 11.0. The Morgan fingerprint density at radius 1 is 0.947 bits per heavy atom. The fraction of sp³-hybridized carbons (Fsp3) is 0.467. The smallest absolute Gasteiger partial charge is 0.295 e. The van der Waals surface area contributed by atoms with Gasteiger partial charge in [0.25, 0.3) is 11.7 Å². The summed E-state index contributed by atoms with van der Waals surface area (Å²) < 4.78 is 11.0. The van der Waals surface area contributed by atoms with E-state index in [2.05, 4.69) is 18.7 Å². The number of carbonyl (C=O) groups excluding carboxylic acids is 2. The minimum absolute atomic E-state index is 0.0367. The van der Waals surface area contributed by atoms with Crippen LogP contribution in [0.3, 0.4) is 0 Å². The van der Waals surface area contributed by atoms with Crippen LogP contribution in [0, 0.1) is 0 Å². The second-order valence-electron chi connectivity index (χ2n) is 9.51. The van der Waals surface area contributed by atoms with E-state index in [0.29, 0.717) is 40.6 Å². The first kappa shape index (κ1) is 29.5. The van der Waals surface area contributed by atoms with Crippen molar-refractivity contribution in [3.05, 3.63) is 64.2 Å². The number of hydrogen-bond acceptors (Lipinski definition) is 6. The zero-order chi connectivity index (χ0) is 27.7. The van der Waals surface area contributed by atoms with Crippen LogP contribution in [0.4, 0.5) is 0 Å².